The van der Waals surface area contributed by atoms with E-state index in [4.69, 9.17) is 4.74 Å². The number of hydrogen-bond acceptors (Lipinski definition) is 4. The van der Waals surface area contributed by atoms with Gasteiger partial charge in [0.25, 0.3) is 0 Å². The van der Waals surface area contributed by atoms with Gasteiger partial charge in [0.15, 0.2) is 0 Å². The van der Waals surface area contributed by atoms with Crippen LogP contribution in [0.3, 0.4) is 0 Å². The number of carbonyl (C=O) groups excluding carboxylic acids is 1. The van der Waals surface area contributed by atoms with Crippen molar-refractivity contribution in [2.24, 2.45) is 5.92 Å². The van der Waals surface area contributed by atoms with E-state index >= 15 is 0 Å². The molecule has 0 aromatic carbocycles. The zero-order valence-corrected chi connectivity index (χ0v) is 13.6. The Kier molecular flexibility index (Phi) is 6.00. The van der Waals surface area contributed by atoms with Crippen molar-refractivity contribution in [2.75, 3.05) is 32.0 Å². The molecule has 1 aliphatic heterocycles. The Bertz CT molecular complexity index is 493. The number of hydrogen-bond donors (Lipinski definition) is 2. The first-order valence-corrected chi connectivity index (χ1v) is 7.89. The van der Waals surface area contributed by atoms with Gasteiger partial charge in [-0.05, 0) is 58.3 Å². The molecule has 0 saturated carbocycles. The van der Waals surface area contributed by atoms with Gasteiger partial charge in [-0.3, -0.25) is 0 Å². The molecule has 2 heterocycles. The molecule has 1 atom stereocenters. The fraction of sp³-hybridized carbons (Fsp3) is 0.625. The average Bonchev–Trinajstić information content (AvgIpc) is 2.47. The van der Waals surface area contributed by atoms with Crippen molar-refractivity contribution < 1.29 is 9.53 Å². The van der Waals surface area contributed by atoms with Crippen LogP contribution in [-0.4, -0.2) is 48.7 Å². The Morgan fingerprint density at radius 1 is 1.55 bits per heavy atom. The van der Waals surface area contributed by atoms with Crippen LogP contribution in [0, 0.1) is 5.92 Å². The lowest BCUT2D eigenvalue weighted by Crippen LogP contribution is -2.40. The third-order valence-corrected chi connectivity index (χ3v) is 3.64. The highest BCUT2D eigenvalue weighted by Crippen LogP contribution is 2.21. The lowest BCUT2D eigenvalue weighted by atomic mass is 9.99. The van der Waals surface area contributed by atoms with E-state index in [2.05, 4.69) is 27.6 Å². The van der Waals surface area contributed by atoms with Gasteiger partial charge >= 0.3 is 6.03 Å². The SMILES string of the molecule is CC(C)Oc1ncccc1NC(=O)NCC1CCCN(C)C1. The minimum absolute atomic E-state index is 0.0105. The minimum Gasteiger partial charge on any atom is -0.473 e. The van der Waals surface area contributed by atoms with Crippen molar-refractivity contribution in [1.29, 1.82) is 0 Å². The molecule has 2 amide bonds. The number of urea groups is 1. The van der Waals surface area contributed by atoms with Gasteiger partial charge in [0, 0.05) is 19.3 Å². The number of piperidine rings is 1. The van der Waals surface area contributed by atoms with Crippen LogP contribution >= 0.6 is 0 Å². The molecule has 1 fully saturated rings. The fourth-order valence-electron chi connectivity index (χ4n) is 2.65. The van der Waals surface area contributed by atoms with Crippen molar-refractivity contribution in [3.05, 3.63) is 18.3 Å². The van der Waals surface area contributed by atoms with Gasteiger partial charge < -0.3 is 20.3 Å². The number of carbonyl (C=O) groups is 1. The van der Waals surface area contributed by atoms with Crippen LogP contribution in [-0.2, 0) is 0 Å². The smallest absolute Gasteiger partial charge is 0.319 e. The second kappa shape index (κ2) is 7.98. The summed E-state index contributed by atoms with van der Waals surface area (Å²) < 4.78 is 5.59. The van der Waals surface area contributed by atoms with Gasteiger partial charge in [0.2, 0.25) is 5.88 Å². The maximum Gasteiger partial charge on any atom is 0.319 e. The Labute approximate surface area is 132 Å². The molecule has 1 aliphatic rings. The van der Waals surface area contributed by atoms with Gasteiger partial charge in [-0.25, -0.2) is 9.78 Å². The number of likely N-dealkylation sites (tertiary alicyclic amines) is 1. The normalized spacial score (nSPS) is 19.0. The molecule has 0 radical (unpaired) electrons. The molecule has 0 bridgehead atoms. The largest absolute Gasteiger partial charge is 0.473 e. The second-order valence-corrected chi connectivity index (χ2v) is 6.13. The summed E-state index contributed by atoms with van der Waals surface area (Å²) in [5, 5.41) is 5.76. The van der Waals surface area contributed by atoms with Crippen LogP contribution in [0.25, 0.3) is 0 Å². The maximum atomic E-state index is 12.1. The van der Waals surface area contributed by atoms with E-state index in [9.17, 15) is 4.79 Å². The first-order chi connectivity index (χ1) is 10.5. The van der Waals surface area contributed by atoms with Crippen LogP contribution in [0.15, 0.2) is 18.3 Å². The van der Waals surface area contributed by atoms with Crippen molar-refractivity contribution in [3.8, 4) is 5.88 Å². The van der Waals surface area contributed by atoms with Gasteiger partial charge in [0.05, 0.1) is 6.10 Å². The summed E-state index contributed by atoms with van der Waals surface area (Å²) in [5.74, 6) is 0.967. The Morgan fingerprint density at radius 2 is 2.36 bits per heavy atom. The zero-order chi connectivity index (χ0) is 15.9. The van der Waals surface area contributed by atoms with Crippen molar-refractivity contribution in [3.63, 3.8) is 0 Å². The lowest BCUT2D eigenvalue weighted by Gasteiger charge is -2.29. The topological polar surface area (TPSA) is 66.5 Å². The molecule has 1 saturated heterocycles. The standard InChI is InChI=1S/C16H26N4O2/c1-12(2)22-15-14(7-4-8-17-15)19-16(21)18-10-13-6-5-9-20(3)11-13/h4,7-8,12-13H,5-6,9-11H2,1-3H3,(H2,18,19,21). The third kappa shape index (κ3) is 5.18. The zero-order valence-electron chi connectivity index (χ0n) is 13.6. The molecule has 0 aliphatic carbocycles. The fourth-order valence-corrected chi connectivity index (χ4v) is 2.65. The summed E-state index contributed by atoms with van der Waals surface area (Å²) in [6.07, 6.45) is 4.02. The van der Waals surface area contributed by atoms with E-state index in [1.807, 2.05) is 13.8 Å². The number of nitrogens with zero attached hydrogens (tertiary/aromatic N) is 2. The van der Waals surface area contributed by atoms with E-state index in [1.165, 1.54) is 12.8 Å². The first-order valence-electron chi connectivity index (χ1n) is 7.89. The molecule has 22 heavy (non-hydrogen) atoms. The van der Waals surface area contributed by atoms with E-state index in [-0.39, 0.29) is 12.1 Å². The average molecular weight is 306 g/mol. The molecule has 2 N–H and O–H groups in total. The summed E-state index contributed by atoms with van der Waals surface area (Å²) in [7, 11) is 2.12. The Balaban J connectivity index is 1.84. The molecule has 2 rings (SSSR count). The number of nitrogens with one attached hydrogen (secondary N) is 2. The molecule has 6 heteroatoms. The van der Waals surface area contributed by atoms with Crippen LogP contribution < -0.4 is 15.4 Å². The van der Waals surface area contributed by atoms with Crippen molar-refractivity contribution in [2.45, 2.75) is 32.8 Å². The Morgan fingerprint density at radius 3 is 3.09 bits per heavy atom. The third-order valence-electron chi connectivity index (χ3n) is 3.64. The molecule has 1 unspecified atom stereocenters. The highest BCUT2D eigenvalue weighted by Gasteiger charge is 2.18. The van der Waals surface area contributed by atoms with Crippen LogP contribution in [0.4, 0.5) is 10.5 Å². The number of amides is 2. The predicted octanol–water partition coefficient (Wildman–Crippen LogP) is 2.33. The molecule has 0 spiro atoms. The van der Waals surface area contributed by atoms with Crippen LogP contribution in [0.1, 0.15) is 26.7 Å². The minimum atomic E-state index is -0.213. The van der Waals surface area contributed by atoms with E-state index < -0.39 is 0 Å². The van der Waals surface area contributed by atoms with E-state index in [1.54, 1.807) is 18.3 Å². The van der Waals surface area contributed by atoms with E-state index in [0.717, 1.165) is 13.1 Å². The molecule has 1 aromatic rings. The molecular formula is C16H26N4O2. The van der Waals surface area contributed by atoms with Crippen LogP contribution in [0.2, 0.25) is 0 Å². The van der Waals surface area contributed by atoms with Crippen molar-refractivity contribution in [1.82, 2.24) is 15.2 Å². The number of aromatic nitrogens is 1. The van der Waals surface area contributed by atoms with E-state index in [0.29, 0.717) is 24.0 Å². The summed E-state index contributed by atoms with van der Waals surface area (Å²) in [5.41, 5.74) is 0.592. The number of ether oxygens (including phenoxy) is 1. The first kappa shape index (κ1) is 16.5. The number of anilines is 1. The molecule has 1 aromatic heterocycles. The molecular weight excluding hydrogens is 280 g/mol. The van der Waals surface area contributed by atoms with Crippen LogP contribution in [0.5, 0.6) is 5.88 Å². The predicted molar refractivity (Wildman–Crippen MR) is 87.2 cm³/mol. The van der Waals surface area contributed by atoms with Gasteiger partial charge in [0.1, 0.15) is 5.69 Å². The van der Waals surface area contributed by atoms with Gasteiger partial charge in [-0.2, -0.15) is 0 Å². The lowest BCUT2D eigenvalue weighted by molar-refractivity contribution is 0.204. The molecule has 122 valence electrons. The second-order valence-electron chi connectivity index (χ2n) is 6.13. The Hall–Kier alpha value is -1.82. The van der Waals surface area contributed by atoms with Gasteiger partial charge in [-0.15, -0.1) is 0 Å². The van der Waals surface area contributed by atoms with Gasteiger partial charge in [-0.1, -0.05) is 0 Å². The summed E-state index contributed by atoms with van der Waals surface area (Å²) in [6, 6.07) is 3.35. The quantitative estimate of drug-likeness (QED) is 0.876. The summed E-state index contributed by atoms with van der Waals surface area (Å²) in [6.45, 7) is 6.73. The summed E-state index contributed by atoms with van der Waals surface area (Å²) in [4.78, 5) is 18.5. The molecule has 6 nitrogen and oxygen atoms in total. The van der Waals surface area contributed by atoms with Crippen molar-refractivity contribution >= 4 is 11.7 Å². The monoisotopic (exact) mass is 306 g/mol. The summed E-state index contributed by atoms with van der Waals surface area (Å²) >= 11 is 0. The highest BCUT2D eigenvalue weighted by atomic mass is 16.5. The highest BCUT2D eigenvalue weighted by molar-refractivity contribution is 5.90. The number of pyridine rings is 1. The maximum absolute atomic E-state index is 12.1. The number of rotatable bonds is 5.